The second-order valence-electron chi connectivity index (χ2n) is 6.87. The van der Waals surface area contributed by atoms with Crippen LogP contribution >= 0.6 is 11.8 Å². The Kier molecular flexibility index (Phi) is 4.67. The second kappa shape index (κ2) is 5.92. The first-order valence-electron chi connectivity index (χ1n) is 7.32. The normalized spacial score (nSPS) is 28.6. The van der Waals surface area contributed by atoms with Gasteiger partial charge in [0.15, 0.2) is 0 Å². The smallest absolute Gasteiger partial charge is 0.114 e. The van der Waals surface area contributed by atoms with Crippen molar-refractivity contribution in [2.24, 2.45) is 23.0 Å². The lowest BCUT2D eigenvalue weighted by molar-refractivity contribution is 0.157. The summed E-state index contributed by atoms with van der Waals surface area (Å²) in [5.41, 5.74) is 6.38. The zero-order valence-corrected chi connectivity index (χ0v) is 13.4. The molecule has 3 atom stereocenters. The summed E-state index contributed by atoms with van der Waals surface area (Å²) in [6.45, 7) is 9.96. The maximum Gasteiger partial charge on any atom is 0.114 e. The van der Waals surface area contributed by atoms with Crippen molar-refractivity contribution in [2.75, 3.05) is 6.54 Å². The fraction of sp³-hybridized carbons (Fsp3) is 0.750. The summed E-state index contributed by atoms with van der Waals surface area (Å²) >= 11 is 1.98. The van der Waals surface area contributed by atoms with Crippen LogP contribution in [-0.4, -0.2) is 11.8 Å². The lowest BCUT2D eigenvalue weighted by Crippen LogP contribution is -2.36. The Morgan fingerprint density at radius 3 is 2.63 bits per heavy atom. The van der Waals surface area contributed by atoms with E-state index >= 15 is 0 Å². The van der Waals surface area contributed by atoms with Gasteiger partial charge in [-0.05, 0) is 56.0 Å². The molecule has 3 heteroatoms. The van der Waals surface area contributed by atoms with Crippen molar-refractivity contribution in [2.45, 2.75) is 57.1 Å². The van der Waals surface area contributed by atoms with Crippen LogP contribution in [0.25, 0.3) is 0 Å². The zero-order chi connectivity index (χ0) is 14.0. The summed E-state index contributed by atoms with van der Waals surface area (Å²) in [4.78, 5) is 1.29. The highest BCUT2D eigenvalue weighted by Gasteiger charge is 2.36. The van der Waals surface area contributed by atoms with E-state index in [-0.39, 0.29) is 0 Å². The number of aryl methyl sites for hydroxylation is 1. The van der Waals surface area contributed by atoms with Gasteiger partial charge in [0.05, 0.1) is 6.26 Å². The van der Waals surface area contributed by atoms with Crippen LogP contribution in [0.1, 0.15) is 45.8 Å². The molecule has 19 heavy (non-hydrogen) atoms. The lowest BCUT2D eigenvalue weighted by Gasteiger charge is -2.41. The van der Waals surface area contributed by atoms with Crippen LogP contribution in [0, 0.1) is 24.2 Å². The maximum absolute atomic E-state index is 5.98. The molecule has 0 amide bonds. The maximum atomic E-state index is 5.98. The van der Waals surface area contributed by atoms with Gasteiger partial charge in [0.2, 0.25) is 0 Å². The van der Waals surface area contributed by atoms with Gasteiger partial charge in [0.25, 0.3) is 0 Å². The number of hydrogen-bond donors (Lipinski definition) is 1. The Balaban J connectivity index is 2.08. The summed E-state index contributed by atoms with van der Waals surface area (Å²) in [5.74, 6) is 2.50. The van der Waals surface area contributed by atoms with Crippen molar-refractivity contribution in [3.63, 3.8) is 0 Å². The molecule has 2 N–H and O–H groups in total. The summed E-state index contributed by atoms with van der Waals surface area (Å²) in [7, 11) is 0. The molecular weight excluding hydrogens is 254 g/mol. The number of furan rings is 1. The number of rotatable bonds is 3. The van der Waals surface area contributed by atoms with E-state index in [1.54, 1.807) is 6.26 Å². The highest BCUT2D eigenvalue weighted by atomic mass is 32.2. The average Bonchev–Trinajstić information content (AvgIpc) is 2.74. The number of thioether (sulfide) groups is 1. The highest BCUT2D eigenvalue weighted by Crippen LogP contribution is 2.46. The lowest BCUT2D eigenvalue weighted by atomic mass is 9.69. The molecule has 108 valence electrons. The van der Waals surface area contributed by atoms with Gasteiger partial charge in [-0.3, -0.25) is 0 Å². The predicted octanol–water partition coefficient (Wildman–Crippen LogP) is 4.47. The third-order valence-electron chi connectivity index (χ3n) is 4.55. The zero-order valence-electron chi connectivity index (χ0n) is 12.6. The van der Waals surface area contributed by atoms with E-state index in [0.29, 0.717) is 16.6 Å². The third-order valence-corrected chi connectivity index (χ3v) is 6.10. The first-order chi connectivity index (χ1) is 8.91. The van der Waals surface area contributed by atoms with Crippen LogP contribution in [0.4, 0.5) is 0 Å². The van der Waals surface area contributed by atoms with Crippen molar-refractivity contribution in [1.29, 1.82) is 0 Å². The minimum Gasteiger partial charge on any atom is -0.468 e. The van der Waals surface area contributed by atoms with E-state index in [9.17, 15) is 0 Å². The first-order valence-corrected chi connectivity index (χ1v) is 8.20. The van der Waals surface area contributed by atoms with E-state index in [2.05, 4.69) is 26.8 Å². The van der Waals surface area contributed by atoms with E-state index in [1.165, 1.54) is 24.2 Å². The Labute approximate surface area is 121 Å². The molecule has 1 aromatic heterocycles. The molecule has 0 spiro atoms. The van der Waals surface area contributed by atoms with Crippen molar-refractivity contribution >= 4 is 11.8 Å². The fourth-order valence-corrected chi connectivity index (χ4v) is 4.49. The van der Waals surface area contributed by atoms with Crippen molar-refractivity contribution in [1.82, 2.24) is 0 Å². The third kappa shape index (κ3) is 3.57. The van der Waals surface area contributed by atoms with E-state index in [4.69, 9.17) is 10.2 Å². The molecule has 3 unspecified atom stereocenters. The fourth-order valence-electron chi connectivity index (χ4n) is 3.05. The molecule has 1 fully saturated rings. The molecule has 0 radical (unpaired) electrons. The summed E-state index contributed by atoms with van der Waals surface area (Å²) in [5, 5.41) is 0.638. The van der Waals surface area contributed by atoms with Crippen molar-refractivity contribution in [3.8, 4) is 0 Å². The van der Waals surface area contributed by atoms with Crippen molar-refractivity contribution < 1.29 is 4.42 Å². The van der Waals surface area contributed by atoms with Crippen LogP contribution < -0.4 is 5.73 Å². The molecule has 1 aliphatic rings. The molecule has 1 saturated carbocycles. The molecule has 0 saturated heterocycles. The van der Waals surface area contributed by atoms with Gasteiger partial charge in [-0.2, -0.15) is 0 Å². The van der Waals surface area contributed by atoms with Gasteiger partial charge in [-0.15, -0.1) is 11.8 Å². The largest absolute Gasteiger partial charge is 0.468 e. The molecule has 0 bridgehead atoms. The van der Waals surface area contributed by atoms with Gasteiger partial charge >= 0.3 is 0 Å². The molecule has 1 heterocycles. The predicted molar refractivity (Wildman–Crippen MR) is 82.4 cm³/mol. The van der Waals surface area contributed by atoms with Crippen LogP contribution in [0.15, 0.2) is 21.6 Å². The molecule has 1 aliphatic carbocycles. The van der Waals surface area contributed by atoms with Gasteiger partial charge in [0, 0.05) is 10.1 Å². The highest BCUT2D eigenvalue weighted by molar-refractivity contribution is 8.00. The van der Waals surface area contributed by atoms with Gasteiger partial charge in [-0.25, -0.2) is 0 Å². The first kappa shape index (κ1) is 15.0. The Morgan fingerprint density at radius 1 is 1.37 bits per heavy atom. The molecular formula is C16H27NOS. The Bertz CT molecular complexity index is 407. The van der Waals surface area contributed by atoms with Crippen LogP contribution in [0.2, 0.25) is 0 Å². The number of hydrogen-bond acceptors (Lipinski definition) is 3. The molecule has 0 aliphatic heterocycles. The minimum atomic E-state index is 0.407. The quantitative estimate of drug-likeness (QED) is 0.888. The van der Waals surface area contributed by atoms with Crippen LogP contribution in [0.3, 0.4) is 0 Å². The standard InChI is InChI=1S/C16H27NOS/c1-11-14(7-8-18-11)19-15-9-13(16(2,3)4)6-5-12(15)10-17/h7-8,12-13,15H,5-6,9-10,17H2,1-4H3. The molecule has 1 aromatic rings. The Hall–Kier alpha value is -0.410. The van der Waals surface area contributed by atoms with Gasteiger partial charge in [-0.1, -0.05) is 20.8 Å². The average molecular weight is 281 g/mol. The summed E-state index contributed by atoms with van der Waals surface area (Å²) in [6, 6.07) is 2.09. The van der Waals surface area contributed by atoms with E-state index in [0.717, 1.165) is 18.2 Å². The van der Waals surface area contributed by atoms with E-state index in [1.807, 2.05) is 18.7 Å². The van der Waals surface area contributed by atoms with Gasteiger partial charge < -0.3 is 10.2 Å². The summed E-state index contributed by atoms with van der Waals surface area (Å²) in [6.07, 6.45) is 5.67. The molecule has 2 nitrogen and oxygen atoms in total. The van der Waals surface area contributed by atoms with Crippen LogP contribution in [-0.2, 0) is 0 Å². The monoisotopic (exact) mass is 281 g/mol. The minimum absolute atomic E-state index is 0.407. The summed E-state index contributed by atoms with van der Waals surface area (Å²) < 4.78 is 5.42. The van der Waals surface area contributed by atoms with Gasteiger partial charge in [0.1, 0.15) is 5.76 Å². The number of nitrogens with two attached hydrogens (primary N) is 1. The van der Waals surface area contributed by atoms with Crippen LogP contribution in [0.5, 0.6) is 0 Å². The van der Waals surface area contributed by atoms with Crippen molar-refractivity contribution in [3.05, 3.63) is 18.1 Å². The SMILES string of the molecule is Cc1occc1SC1CC(C(C)(C)C)CCC1CN. The molecule has 0 aromatic carbocycles. The topological polar surface area (TPSA) is 39.2 Å². The molecule has 2 rings (SSSR count). The van der Waals surface area contributed by atoms with E-state index < -0.39 is 0 Å². The second-order valence-corrected chi connectivity index (χ2v) is 8.15. The Morgan fingerprint density at radius 2 is 2.11 bits per heavy atom.